The lowest BCUT2D eigenvalue weighted by atomic mass is 10.2. The molecule has 188 valence electrons. The Balaban J connectivity index is 1.68. The summed E-state index contributed by atoms with van der Waals surface area (Å²) in [7, 11) is 0. The Bertz CT molecular complexity index is 1700. The van der Waals surface area contributed by atoms with Gasteiger partial charge in [-0.1, -0.05) is 17.7 Å². The number of imidazole rings is 1. The largest absolute Gasteiger partial charge is 0.358 e. The summed E-state index contributed by atoms with van der Waals surface area (Å²) in [5, 5.41) is 8.59. The van der Waals surface area contributed by atoms with Crippen molar-refractivity contribution in [2.45, 2.75) is 19.9 Å². The predicted octanol–water partition coefficient (Wildman–Crippen LogP) is 4.16. The van der Waals surface area contributed by atoms with Gasteiger partial charge in [-0.05, 0) is 44.2 Å². The second kappa shape index (κ2) is 9.82. The van der Waals surface area contributed by atoms with Crippen LogP contribution in [-0.4, -0.2) is 42.1 Å². The first kappa shape index (κ1) is 24.1. The highest BCUT2D eigenvalue weighted by molar-refractivity contribution is 6.35. The molecular weight excluding hydrogens is 501 g/mol. The Hall–Kier alpha value is -4.58. The van der Waals surface area contributed by atoms with E-state index in [1.807, 2.05) is 0 Å². The Kier molecular flexibility index (Phi) is 6.40. The molecule has 2 amide bonds. The van der Waals surface area contributed by atoms with Crippen molar-refractivity contribution in [3.05, 3.63) is 76.1 Å². The molecular formula is C24H21ClFN9O2. The Morgan fingerprint density at radius 1 is 1.22 bits per heavy atom. The molecule has 0 fully saturated rings. The Morgan fingerprint density at radius 3 is 2.86 bits per heavy atom. The van der Waals surface area contributed by atoms with E-state index in [4.69, 9.17) is 11.6 Å². The molecule has 5 aromatic rings. The molecule has 13 heteroatoms. The number of carbonyl (C=O) groups is 1. The first-order valence-electron chi connectivity index (χ1n) is 11.3. The molecule has 37 heavy (non-hydrogen) atoms. The molecule has 5 rings (SSSR count). The van der Waals surface area contributed by atoms with Crippen molar-refractivity contribution in [2.75, 3.05) is 17.2 Å². The minimum absolute atomic E-state index is 0.0577. The number of anilines is 2. The van der Waals surface area contributed by atoms with Gasteiger partial charge in [0, 0.05) is 12.2 Å². The van der Waals surface area contributed by atoms with Crippen LogP contribution < -0.4 is 21.5 Å². The van der Waals surface area contributed by atoms with Gasteiger partial charge >= 0.3 is 6.03 Å². The number of amides is 2. The number of halogens is 2. The van der Waals surface area contributed by atoms with Crippen molar-refractivity contribution >= 4 is 51.2 Å². The SMILES string of the molecule is CCNC(=O)Nc1cccc(-n2c([C@H](C)Nc3ncnc4nc[nH]c34)nc3c(F)ccc(Cl)c3c2=O)c1. The molecule has 1 atom stereocenters. The normalized spacial score (nSPS) is 12.0. The van der Waals surface area contributed by atoms with Gasteiger partial charge in [0.05, 0.1) is 28.5 Å². The van der Waals surface area contributed by atoms with Crippen LogP contribution in [0.1, 0.15) is 25.7 Å². The second-order valence-corrected chi connectivity index (χ2v) is 8.49. The Morgan fingerprint density at radius 2 is 2.05 bits per heavy atom. The van der Waals surface area contributed by atoms with E-state index in [-0.39, 0.29) is 21.7 Å². The standard InChI is InChI=1S/C24H21ClFN9O2/c1-3-27-24(37)33-13-5-4-6-14(9-13)35-22(34-18-16(26)8-7-15(25)17(18)23(35)36)12(2)32-21-19-20(29-10-28-19)30-11-31-21/h4-12H,3H2,1-2H3,(H2,27,33,37)(H2,28,29,30,31,32)/t12-/m0/s1. The minimum Gasteiger partial charge on any atom is -0.358 e. The van der Waals surface area contributed by atoms with Crippen LogP contribution in [0, 0.1) is 5.82 Å². The third kappa shape index (κ3) is 4.54. The summed E-state index contributed by atoms with van der Waals surface area (Å²) in [5.41, 5.74) is 1.14. The number of rotatable bonds is 6. The number of nitrogens with zero attached hydrogens (tertiary/aromatic N) is 5. The van der Waals surface area contributed by atoms with Crippen LogP contribution in [-0.2, 0) is 0 Å². The average Bonchev–Trinajstić information content (AvgIpc) is 3.36. The quantitative estimate of drug-likeness (QED) is 0.263. The topological polar surface area (TPSA) is 143 Å². The number of hydrogen-bond donors (Lipinski definition) is 4. The van der Waals surface area contributed by atoms with Crippen LogP contribution in [0.2, 0.25) is 5.02 Å². The monoisotopic (exact) mass is 521 g/mol. The molecule has 11 nitrogen and oxygen atoms in total. The van der Waals surface area contributed by atoms with Gasteiger partial charge in [0.25, 0.3) is 5.56 Å². The summed E-state index contributed by atoms with van der Waals surface area (Å²) in [6.45, 7) is 4.01. The van der Waals surface area contributed by atoms with Crippen molar-refractivity contribution in [2.24, 2.45) is 0 Å². The highest BCUT2D eigenvalue weighted by atomic mass is 35.5. The van der Waals surface area contributed by atoms with Gasteiger partial charge < -0.3 is 20.9 Å². The third-order valence-corrected chi connectivity index (χ3v) is 5.93. The molecule has 0 unspecified atom stereocenters. The fourth-order valence-corrected chi connectivity index (χ4v) is 4.21. The minimum atomic E-state index is -0.679. The van der Waals surface area contributed by atoms with E-state index in [9.17, 15) is 14.0 Å². The molecule has 3 aromatic heterocycles. The summed E-state index contributed by atoms with van der Waals surface area (Å²) in [6.07, 6.45) is 2.85. The van der Waals surface area contributed by atoms with E-state index in [0.717, 1.165) is 0 Å². The van der Waals surface area contributed by atoms with Crippen LogP contribution in [0.4, 0.5) is 20.7 Å². The third-order valence-electron chi connectivity index (χ3n) is 5.61. The van der Waals surface area contributed by atoms with Gasteiger partial charge in [0.15, 0.2) is 11.5 Å². The van der Waals surface area contributed by atoms with Crippen molar-refractivity contribution < 1.29 is 9.18 Å². The zero-order valence-corrected chi connectivity index (χ0v) is 20.5. The highest BCUT2D eigenvalue weighted by Gasteiger charge is 2.22. The van der Waals surface area contributed by atoms with Crippen molar-refractivity contribution in [3.63, 3.8) is 0 Å². The summed E-state index contributed by atoms with van der Waals surface area (Å²) in [5.74, 6) is -0.0593. The van der Waals surface area contributed by atoms with E-state index >= 15 is 0 Å². The van der Waals surface area contributed by atoms with Gasteiger partial charge in [0.2, 0.25) is 0 Å². The molecule has 0 spiro atoms. The second-order valence-electron chi connectivity index (χ2n) is 8.09. The van der Waals surface area contributed by atoms with E-state index in [1.165, 1.54) is 29.4 Å². The molecule has 0 aliphatic rings. The molecule has 0 saturated heterocycles. The maximum atomic E-state index is 14.8. The van der Waals surface area contributed by atoms with Crippen molar-refractivity contribution in [1.29, 1.82) is 0 Å². The van der Waals surface area contributed by atoms with Gasteiger partial charge in [0.1, 0.15) is 29.0 Å². The number of H-pyrrole nitrogens is 1. The number of nitrogens with one attached hydrogen (secondary N) is 4. The van der Waals surface area contributed by atoms with Gasteiger partial charge in [-0.3, -0.25) is 9.36 Å². The maximum absolute atomic E-state index is 14.8. The Labute approximate surface area is 214 Å². The number of benzene rings is 2. The molecule has 4 N–H and O–H groups in total. The number of aromatic nitrogens is 6. The van der Waals surface area contributed by atoms with Crippen LogP contribution in [0.25, 0.3) is 27.8 Å². The summed E-state index contributed by atoms with van der Waals surface area (Å²) >= 11 is 6.31. The van der Waals surface area contributed by atoms with E-state index in [1.54, 1.807) is 38.1 Å². The average molecular weight is 522 g/mol. The smallest absolute Gasteiger partial charge is 0.319 e. The molecule has 0 bridgehead atoms. The lowest BCUT2D eigenvalue weighted by molar-refractivity contribution is 0.252. The van der Waals surface area contributed by atoms with Crippen molar-refractivity contribution in [3.8, 4) is 5.69 Å². The lowest BCUT2D eigenvalue weighted by Gasteiger charge is -2.21. The highest BCUT2D eigenvalue weighted by Crippen LogP contribution is 2.27. The van der Waals surface area contributed by atoms with Crippen LogP contribution in [0.15, 0.2) is 53.8 Å². The molecule has 0 saturated carbocycles. The first-order chi connectivity index (χ1) is 17.9. The zero-order chi connectivity index (χ0) is 26.1. The predicted molar refractivity (Wildman–Crippen MR) is 139 cm³/mol. The maximum Gasteiger partial charge on any atom is 0.319 e. The summed E-state index contributed by atoms with van der Waals surface area (Å²) in [6, 6.07) is 8.11. The molecule has 3 heterocycles. The first-order valence-corrected chi connectivity index (χ1v) is 11.7. The van der Waals surface area contributed by atoms with E-state index in [2.05, 4.69) is 40.9 Å². The van der Waals surface area contributed by atoms with Crippen LogP contribution in [0.3, 0.4) is 0 Å². The summed E-state index contributed by atoms with van der Waals surface area (Å²) in [4.78, 5) is 45.8. The fourth-order valence-electron chi connectivity index (χ4n) is 3.98. The molecule has 0 radical (unpaired) electrons. The number of aromatic amines is 1. The number of hydrogen-bond acceptors (Lipinski definition) is 7. The summed E-state index contributed by atoms with van der Waals surface area (Å²) < 4.78 is 16.2. The number of carbonyl (C=O) groups excluding carboxylic acids is 1. The number of fused-ring (bicyclic) bond motifs is 2. The fraction of sp³-hybridized carbons (Fsp3) is 0.167. The van der Waals surface area contributed by atoms with Crippen LogP contribution in [0.5, 0.6) is 0 Å². The zero-order valence-electron chi connectivity index (χ0n) is 19.7. The lowest BCUT2D eigenvalue weighted by Crippen LogP contribution is -2.29. The van der Waals surface area contributed by atoms with Crippen LogP contribution >= 0.6 is 11.6 Å². The molecule has 2 aromatic carbocycles. The van der Waals surface area contributed by atoms with Gasteiger partial charge in [-0.25, -0.2) is 29.1 Å². The van der Waals surface area contributed by atoms with E-state index in [0.29, 0.717) is 34.9 Å². The van der Waals surface area contributed by atoms with Gasteiger partial charge in [-0.15, -0.1) is 0 Å². The molecule has 0 aliphatic heterocycles. The van der Waals surface area contributed by atoms with E-state index < -0.39 is 23.4 Å². The molecule has 0 aliphatic carbocycles. The number of urea groups is 1. The van der Waals surface area contributed by atoms with Gasteiger partial charge in [-0.2, -0.15) is 0 Å². The van der Waals surface area contributed by atoms with Crippen molar-refractivity contribution in [1.82, 2.24) is 34.8 Å².